The Bertz CT molecular complexity index is 369. The first-order valence-corrected chi connectivity index (χ1v) is 6.44. The molecule has 0 aromatic carbocycles. The van der Waals surface area contributed by atoms with Crippen molar-refractivity contribution >= 4 is 12.3 Å². The molecule has 0 unspecified atom stereocenters. The quantitative estimate of drug-likeness (QED) is 0.584. The van der Waals surface area contributed by atoms with Crippen LogP contribution in [0.25, 0.3) is 0 Å². The van der Waals surface area contributed by atoms with Gasteiger partial charge in [0.25, 0.3) is 0 Å². The molecule has 1 amide bonds. The fourth-order valence-corrected chi connectivity index (χ4v) is 1.87. The van der Waals surface area contributed by atoms with Crippen molar-refractivity contribution in [1.29, 1.82) is 0 Å². The second kappa shape index (κ2) is 5.74. The molecule has 0 radical (unpaired) electrons. The third-order valence-corrected chi connectivity index (χ3v) is 2.62. The summed E-state index contributed by atoms with van der Waals surface area (Å²) >= 11 is 0. The van der Waals surface area contributed by atoms with Gasteiger partial charge in [0.1, 0.15) is 11.3 Å². The SMILES string of the molecule is C=CCN=C[C@@H]1COC(C)(C)N1C(=O)OC(C)(C)C. The van der Waals surface area contributed by atoms with Gasteiger partial charge in [-0.2, -0.15) is 0 Å². The Morgan fingerprint density at radius 3 is 2.74 bits per heavy atom. The first-order chi connectivity index (χ1) is 8.67. The summed E-state index contributed by atoms with van der Waals surface area (Å²) in [7, 11) is 0. The molecule has 0 aromatic heterocycles. The lowest BCUT2D eigenvalue weighted by atomic mass is 10.2. The Morgan fingerprint density at radius 2 is 2.21 bits per heavy atom. The number of hydrogen-bond donors (Lipinski definition) is 0. The average molecular weight is 268 g/mol. The molecule has 0 saturated carbocycles. The normalized spacial score (nSPS) is 22.8. The van der Waals surface area contributed by atoms with Crippen LogP contribution in [0.4, 0.5) is 4.79 Å². The van der Waals surface area contributed by atoms with Gasteiger partial charge in [-0.05, 0) is 34.6 Å². The van der Waals surface area contributed by atoms with E-state index < -0.39 is 11.3 Å². The van der Waals surface area contributed by atoms with Gasteiger partial charge >= 0.3 is 6.09 Å². The highest BCUT2D eigenvalue weighted by atomic mass is 16.6. The number of aliphatic imine (C=N–C) groups is 1. The van der Waals surface area contributed by atoms with Gasteiger partial charge in [0.2, 0.25) is 0 Å². The maximum Gasteiger partial charge on any atom is 0.413 e. The summed E-state index contributed by atoms with van der Waals surface area (Å²) < 4.78 is 11.1. The minimum Gasteiger partial charge on any atom is -0.444 e. The zero-order chi connectivity index (χ0) is 14.7. The van der Waals surface area contributed by atoms with Crippen LogP contribution in [0, 0.1) is 0 Å². The molecule has 1 aliphatic rings. The fourth-order valence-electron chi connectivity index (χ4n) is 1.87. The van der Waals surface area contributed by atoms with E-state index in [2.05, 4.69) is 11.6 Å². The predicted octanol–water partition coefficient (Wildman–Crippen LogP) is 2.62. The first-order valence-electron chi connectivity index (χ1n) is 6.44. The van der Waals surface area contributed by atoms with E-state index in [1.807, 2.05) is 34.6 Å². The molecule has 1 fully saturated rings. The van der Waals surface area contributed by atoms with Gasteiger partial charge < -0.3 is 9.47 Å². The van der Waals surface area contributed by atoms with Gasteiger partial charge in [-0.15, -0.1) is 6.58 Å². The summed E-state index contributed by atoms with van der Waals surface area (Å²) in [6.07, 6.45) is 3.04. The predicted molar refractivity (Wildman–Crippen MR) is 75.4 cm³/mol. The molecule has 1 rings (SSSR count). The van der Waals surface area contributed by atoms with Crippen LogP contribution >= 0.6 is 0 Å². The number of nitrogens with zero attached hydrogens (tertiary/aromatic N) is 2. The van der Waals surface area contributed by atoms with Gasteiger partial charge in [-0.1, -0.05) is 6.08 Å². The molecular weight excluding hydrogens is 244 g/mol. The van der Waals surface area contributed by atoms with Crippen LogP contribution in [0.1, 0.15) is 34.6 Å². The van der Waals surface area contributed by atoms with Gasteiger partial charge in [-0.25, -0.2) is 4.79 Å². The fraction of sp³-hybridized carbons (Fsp3) is 0.714. The van der Waals surface area contributed by atoms with Crippen molar-refractivity contribution in [2.45, 2.75) is 52.0 Å². The number of carbonyl (C=O) groups is 1. The first kappa shape index (κ1) is 15.7. The third kappa shape index (κ3) is 4.35. The van der Waals surface area contributed by atoms with Crippen LogP contribution in [0.3, 0.4) is 0 Å². The number of hydrogen-bond acceptors (Lipinski definition) is 4. The molecule has 5 heteroatoms. The molecule has 1 saturated heterocycles. The Morgan fingerprint density at radius 1 is 1.58 bits per heavy atom. The zero-order valence-corrected chi connectivity index (χ0v) is 12.5. The van der Waals surface area contributed by atoms with Crippen LogP contribution in [-0.4, -0.2) is 47.7 Å². The zero-order valence-electron chi connectivity index (χ0n) is 12.5. The van der Waals surface area contributed by atoms with Crippen molar-refractivity contribution in [2.75, 3.05) is 13.2 Å². The maximum atomic E-state index is 12.3. The smallest absolute Gasteiger partial charge is 0.413 e. The molecule has 0 N–H and O–H groups in total. The number of amides is 1. The van der Waals surface area contributed by atoms with E-state index in [0.29, 0.717) is 13.2 Å². The van der Waals surface area contributed by atoms with Crippen LogP contribution in [0.2, 0.25) is 0 Å². The minimum atomic E-state index is -0.687. The molecule has 0 aromatic rings. The van der Waals surface area contributed by atoms with E-state index in [-0.39, 0.29) is 12.1 Å². The summed E-state index contributed by atoms with van der Waals surface area (Å²) in [4.78, 5) is 18.0. The van der Waals surface area contributed by atoms with Gasteiger partial charge in [0.05, 0.1) is 19.2 Å². The molecule has 1 atom stereocenters. The molecule has 19 heavy (non-hydrogen) atoms. The summed E-state index contributed by atoms with van der Waals surface area (Å²) in [5.74, 6) is 0. The molecule has 0 aliphatic carbocycles. The molecular formula is C14H24N2O3. The number of rotatable bonds is 3. The average Bonchev–Trinajstić information content (AvgIpc) is 2.52. The largest absolute Gasteiger partial charge is 0.444 e. The highest BCUT2D eigenvalue weighted by molar-refractivity contribution is 5.77. The summed E-state index contributed by atoms with van der Waals surface area (Å²) in [6.45, 7) is 13.8. The lowest BCUT2D eigenvalue weighted by Crippen LogP contribution is -2.50. The van der Waals surface area contributed by atoms with Gasteiger partial charge in [-0.3, -0.25) is 9.89 Å². The van der Waals surface area contributed by atoms with Gasteiger partial charge in [0, 0.05) is 6.21 Å². The molecule has 1 heterocycles. The lowest BCUT2D eigenvalue weighted by molar-refractivity contribution is -0.0604. The van der Waals surface area contributed by atoms with Crippen LogP contribution in [0.15, 0.2) is 17.6 Å². The minimum absolute atomic E-state index is 0.204. The standard InChI is InChI=1S/C14H24N2O3/c1-7-8-15-9-11-10-18-14(5,6)16(11)12(17)19-13(2,3)4/h7,9,11H,1,8,10H2,2-6H3/t11-/m1/s1. The monoisotopic (exact) mass is 268 g/mol. The summed E-state index contributed by atoms with van der Waals surface area (Å²) in [6, 6.07) is -0.204. The van der Waals surface area contributed by atoms with Crippen LogP contribution in [0.5, 0.6) is 0 Å². The van der Waals surface area contributed by atoms with E-state index in [0.717, 1.165) is 0 Å². The highest BCUT2D eigenvalue weighted by Crippen LogP contribution is 2.28. The number of ether oxygens (including phenoxy) is 2. The Labute approximate surface area is 115 Å². The van der Waals surface area contributed by atoms with E-state index in [1.165, 1.54) is 0 Å². The second-order valence-electron chi connectivity index (χ2n) is 5.98. The van der Waals surface area contributed by atoms with E-state index in [9.17, 15) is 4.79 Å². The Balaban J connectivity index is 2.83. The van der Waals surface area contributed by atoms with Crippen molar-refractivity contribution in [1.82, 2.24) is 4.90 Å². The topological polar surface area (TPSA) is 51.1 Å². The molecule has 1 aliphatic heterocycles. The summed E-state index contributed by atoms with van der Waals surface area (Å²) in [5.41, 5.74) is -1.22. The Kier molecular flexibility index (Phi) is 4.74. The molecule has 108 valence electrons. The van der Waals surface area contributed by atoms with E-state index in [1.54, 1.807) is 17.2 Å². The second-order valence-corrected chi connectivity index (χ2v) is 5.98. The van der Waals surface area contributed by atoms with Crippen molar-refractivity contribution in [3.05, 3.63) is 12.7 Å². The molecule has 0 spiro atoms. The van der Waals surface area contributed by atoms with Gasteiger partial charge in [0.15, 0.2) is 0 Å². The van der Waals surface area contributed by atoms with E-state index in [4.69, 9.17) is 9.47 Å². The third-order valence-electron chi connectivity index (χ3n) is 2.62. The molecule has 0 bridgehead atoms. The van der Waals surface area contributed by atoms with Crippen molar-refractivity contribution in [3.8, 4) is 0 Å². The van der Waals surface area contributed by atoms with Crippen LogP contribution < -0.4 is 0 Å². The summed E-state index contributed by atoms with van der Waals surface area (Å²) in [5, 5.41) is 0. The maximum absolute atomic E-state index is 12.3. The lowest BCUT2D eigenvalue weighted by Gasteiger charge is -2.34. The van der Waals surface area contributed by atoms with Crippen molar-refractivity contribution in [2.24, 2.45) is 4.99 Å². The number of carbonyl (C=O) groups excluding carboxylic acids is 1. The van der Waals surface area contributed by atoms with E-state index >= 15 is 0 Å². The highest BCUT2D eigenvalue weighted by Gasteiger charge is 2.45. The molecule has 5 nitrogen and oxygen atoms in total. The van der Waals surface area contributed by atoms with Crippen molar-refractivity contribution in [3.63, 3.8) is 0 Å². The van der Waals surface area contributed by atoms with Crippen LogP contribution in [-0.2, 0) is 9.47 Å². The van der Waals surface area contributed by atoms with Crippen molar-refractivity contribution < 1.29 is 14.3 Å². The Hall–Kier alpha value is -1.36.